The summed E-state index contributed by atoms with van der Waals surface area (Å²) in [5, 5.41) is 1.63. The van der Waals surface area contributed by atoms with Crippen molar-refractivity contribution in [2.45, 2.75) is 32.2 Å². The van der Waals surface area contributed by atoms with Crippen LogP contribution in [0.3, 0.4) is 0 Å². The molecular formula is C19H25ClN4O3S2. The highest BCUT2D eigenvalue weighted by molar-refractivity contribution is 7.88. The highest BCUT2D eigenvalue weighted by Gasteiger charge is 2.37. The average molecular weight is 457 g/mol. The van der Waals surface area contributed by atoms with Gasteiger partial charge in [-0.25, -0.2) is 13.4 Å². The third kappa shape index (κ3) is 4.10. The molecule has 4 rings (SSSR count). The molecule has 0 spiro atoms. The Labute approximate surface area is 180 Å². The number of carbonyl (C=O) groups excluding carboxylic acids is 1. The molecule has 29 heavy (non-hydrogen) atoms. The van der Waals surface area contributed by atoms with Gasteiger partial charge in [0, 0.05) is 32.7 Å². The van der Waals surface area contributed by atoms with Crippen molar-refractivity contribution in [3.63, 3.8) is 0 Å². The van der Waals surface area contributed by atoms with Crippen LogP contribution in [-0.2, 0) is 14.8 Å². The van der Waals surface area contributed by atoms with Crippen molar-refractivity contribution >= 4 is 54.2 Å². The Morgan fingerprint density at radius 3 is 2.55 bits per heavy atom. The van der Waals surface area contributed by atoms with Crippen LogP contribution in [0.4, 0.5) is 5.13 Å². The van der Waals surface area contributed by atoms with Crippen LogP contribution < -0.4 is 4.90 Å². The molecule has 1 unspecified atom stereocenters. The van der Waals surface area contributed by atoms with Crippen molar-refractivity contribution in [1.82, 2.24) is 14.2 Å². The minimum absolute atomic E-state index is 0.0713. The minimum Gasteiger partial charge on any atom is -0.345 e. The van der Waals surface area contributed by atoms with Crippen LogP contribution >= 0.6 is 22.9 Å². The average Bonchev–Trinajstić information content (AvgIpc) is 3.17. The first-order chi connectivity index (χ1) is 13.8. The van der Waals surface area contributed by atoms with Gasteiger partial charge in [0.25, 0.3) is 0 Å². The highest BCUT2D eigenvalue weighted by Crippen LogP contribution is 2.36. The number of anilines is 1. The number of rotatable bonds is 3. The first-order valence-electron chi connectivity index (χ1n) is 9.82. The summed E-state index contributed by atoms with van der Waals surface area (Å²) in [4.78, 5) is 21.8. The zero-order valence-electron chi connectivity index (χ0n) is 16.6. The number of piperidine rings is 1. The monoisotopic (exact) mass is 456 g/mol. The Morgan fingerprint density at radius 2 is 1.90 bits per heavy atom. The fraction of sp³-hybridized carbons (Fsp3) is 0.579. The number of thiazole rings is 1. The quantitative estimate of drug-likeness (QED) is 0.710. The van der Waals surface area contributed by atoms with E-state index in [2.05, 4.69) is 4.90 Å². The van der Waals surface area contributed by atoms with E-state index in [9.17, 15) is 13.2 Å². The van der Waals surface area contributed by atoms with E-state index >= 15 is 0 Å². The molecule has 2 saturated heterocycles. The topological polar surface area (TPSA) is 73.8 Å². The molecule has 2 aromatic rings. The summed E-state index contributed by atoms with van der Waals surface area (Å²) in [6, 6.07) is 3.31. The second-order valence-corrected chi connectivity index (χ2v) is 11.1. The van der Waals surface area contributed by atoms with Crippen molar-refractivity contribution in [3.8, 4) is 0 Å². The number of hydrogen-bond acceptors (Lipinski definition) is 6. The van der Waals surface area contributed by atoms with Gasteiger partial charge in [-0.2, -0.15) is 4.31 Å². The second-order valence-electron chi connectivity index (χ2n) is 7.74. The number of hydrogen-bond donors (Lipinski definition) is 0. The molecule has 2 aliphatic heterocycles. The highest BCUT2D eigenvalue weighted by atomic mass is 35.5. The molecule has 1 amide bonds. The van der Waals surface area contributed by atoms with Crippen LogP contribution in [0.2, 0.25) is 5.02 Å². The van der Waals surface area contributed by atoms with Crippen molar-refractivity contribution in [1.29, 1.82) is 0 Å². The summed E-state index contributed by atoms with van der Waals surface area (Å²) in [6.07, 6.45) is 3.48. The van der Waals surface area contributed by atoms with Crippen molar-refractivity contribution < 1.29 is 13.2 Å². The number of aromatic nitrogens is 1. The molecule has 0 bridgehead atoms. The summed E-state index contributed by atoms with van der Waals surface area (Å²) >= 11 is 7.91. The lowest BCUT2D eigenvalue weighted by molar-refractivity contribution is -0.136. The maximum Gasteiger partial charge on any atom is 0.241 e. The molecule has 2 aliphatic rings. The van der Waals surface area contributed by atoms with Crippen molar-refractivity contribution in [3.05, 3.63) is 22.7 Å². The number of sulfonamides is 1. The van der Waals surface area contributed by atoms with E-state index in [-0.39, 0.29) is 5.91 Å². The number of piperazine rings is 1. The van der Waals surface area contributed by atoms with Gasteiger partial charge in [-0.05, 0) is 31.4 Å². The van der Waals surface area contributed by atoms with Crippen LogP contribution in [-0.4, -0.2) is 73.5 Å². The van der Waals surface area contributed by atoms with Gasteiger partial charge in [0.1, 0.15) is 6.04 Å². The zero-order chi connectivity index (χ0) is 20.8. The zero-order valence-corrected chi connectivity index (χ0v) is 19.0. The van der Waals surface area contributed by atoms with Crippen LogP contribution in [0.1, 0.15) is 24.8 Å². The number of fused-ring (bicyclic) bond motifs is 1. The van der Waals surface area contributed by atoms with Gasteiger partial charge in [-0.15, -0.1) is 0 Å². The SMILES string of the molecule is Cc1ccc(Cl)c2sc(N3CCN(C(=O)C4CCCCN4S(C)(=O)=O)CC3)nc12. The molecule has 10 heteroatoms. The predicted octanol–water partition coefficient (Wildman–Crippen LogP) is 2.72. The Kier molecular flexibility index (Phi) is 5.76. The molecule has 3 heterocycles. The number of benzene rings is 1. The number of aryl methyl sites for hydroxylation is 1. The van der Waals surface area contributed by atoms with Crippen LogP contribution in [0.15, 0.2) is 12.1 Å². The summed E-state index contributed by atoms with van der Waals surface area (Å²) in [6.45, 7) is 4.93. The number of halogens is 1. The van der Waals surface area contributed by atoms with E-state index in [0.29, 0.717) is 44.2 Å². The summed E-state index contributed by atoms with van der Waals surface area (Å²) < 4.78 is 26.6. The van der Waals surface area contributed by atoms with Gasteiger partial charge in [0.15, 0.2) is 5.13 Å². The van der Waals surface area contributed by atoms with Gasteiger partial charge < -0.3 is 9.80 Å². The lowest BCUT2D eigenvalue weighted by atomic mass is 10.0. The molecule has 0 N–H and O–H groups in total. The van der Waals surface area contributed by atoms with Gasteiger partial charge in [0.2, 0.25) is 15.9 Å². The van der Waals surface area contributed by atoms with Crippen LogP contribution in [0, 0.1) is 6.92 Å². The van der Waals surface area contributed by atoms with E-state index in [1.807, 2.05) is 19.1 Å². The number of carbonyl (C=O) groups is 1. The molecule has 7 nitrogen and oxygen atoms in total. The normalized spacial score (nSPS) is 21.7. The molecule has 2 fully saturated rings. The van der Waals surface area contributed by atoms with E-state index in [1.54, 1.807) is 16.2 Å². The first-order valence-corrected chi connectivity index (χ1v) is 12.9. The Balaban J connectivity index is 1.46. The van der Waals surface area contributed by atoms with Crippen LogP contribution in [0.5, 0.6) is 0 Å². The standard InChI is InChI=1S/C19H25ClN4O3S2/c1-13-6-7-14(20)17-16(13)21-19(28-17)23-11-9-22(10-12-23)18(25)15-5-3-4-8-24(15)29(2,26)27/h6-7,15H,3-5,8-12H2,1-2H3. The van der Waals surface area contributed by atoms with E-state index in [4.69, 9.17) is 16.6 Å². The second kappa shape index (κ2) is 8.02. The number of amides is 1. The smallest absolute Gasteiger partial charge is 0.241 e. The van der Waals surface area contributed by atoms with E-state index in [1.165, 1.54) is 10.6 Å². The Morgan fingerprint density at radius 1 is 1.17 bits per heavy atom. The third-order valence-corrected chi connectivity index (χ3v) is 8.58. The van der Waals surface area contributed by atoms with Gasteiger partial charge in [-0.1, -0.05) is 35.4 Å². The fourth-order valence-electron chi connectivity index (χ4n) is 4.10. The number of nitrogens with zero attached hydrogens (tertiary/aromatic N) is 4. The fourth-order valence-corrected chi connectivity index (χ4v) is 6.59. The summed E-state index contributed by atoms with van der Waals surface area (Å²) in [5.41, 5.74) is 2.03. The largest absolute Gasteiger partial charge is 0.345 e. The molecule has 0 radical (unpaired) electrons. The third-order valence-electron chi connectivity index (χ3n) is 5.71. The van der Waals surface area contributed by atoms with Gasteiger partial charge >= 0.3 is 0 Å². The lowest BCUT2D eigenvalue weighted by Gasteiger charge is -2.39. The van der Waals surface area contributed by atoms with Crippen molar-refractivity contribution in [2.24, 2.45) is 0 Å². The van der Waals surface area contributed by atoms with Gasteiger partial charge in [-0.3, -0.25) is 4.79 Å². The minimum atomic E-state index is -3.38. The lowest BCUT2D eigenvalue weighted by Crippen LogP contribution is -2.57. The molecule has 158 valence electrons. The van der Waals surface area contributed by atoms with E-state index in [0.717, 1.165) is 33.8 Å². The maximum absolute atomic E-state index is 13.1. The molecule has 0 saturated carbocycles. The Hall–Kier alpha value is -1.42. The molecule has 1 aromatic carbocycles. The molecule has 1 atom stereocenters. The first kappa shape index (κ1) is 20.8. The Bertz CT molecular complexity index is 992. The predicted molar refractivity (Wildman–Crippen MR) is 117 cm³/mol. The van der Waals surface area contributed by atoms with Crippen molar-refractivity contribution in [2.75, 3.05) is 43.9 Å². The molecule has 1 aromatic heterocycles. The van der Waals surface area contributed by atoms with Crippen LogP contribution in [0.25, 0.3) is 10.2 Å². The summed E-state index contributed by atoms with van der Waals surface area (Å²) in [5.74, 6) is -0.0713. The maximum atomic E-state index is 13.1. The van der Waals surface area contributed by atoms with E-state index < -0.39 is 16.1 Å². The summed E-state index contributed by atoms with van der Waals surface area (Å²) in [7, 11) is -3.38. The molecule has 0 aliphatic carbocycles. The molecular weight excluding hydrogens is 432 g/mol. The van der Waals surface area contributed by atoms with Gasteiger partial charge in [0.05, 0.1) is 21.5 Å².